The molecule has 0 saturated carbocycles. The highest BCUT2D eigenvalue weighted by Gasteiger charge is 2.16. The Kier molecular flexibility index (Phi) is 4.27. The number of rotatable bonds is 4. The summed E-state index contributed by atoms with van der Waals surface area (Å²) in [6.07, 6.45) is 3.60. The van der Waals surface area contributed by atoms with Crippen LogP contribution in [0.5, 0.6) is 0 Å². The normalized spacial score (nSPS) is 12.2. The largest absolute Gasteiger partial charge is 0.329 e. The summed E-state index contributed by atoms with van der Waals surface area (Å²) < 4.78 is 1.90. The maximum Gasteiger partial charge on any atom is 0.237 e. The van der Waals surface area contributed by atoms with Crippen LogP contribution < -0.4 is 5.32 Å². The quantitative estimate of drug-likeness (QED) is 0.873. The summed E-state index contributed by atoms with van der Waals surface area (Å²) >= 11 is 1.45. The summed E-state index contributed by atoms with van der Waals surface area (Å²) in [5.41, 5.74) is 2.00. The minimum Gasteiger partial charge on any atom is -0.329 e. The van der Waals surface area contributed by atoms with Crippen LogP contribution in [0.15, 0.2) is 41.8 Å². The van der Waals surface area contributed by atoms with Gasteiger partial charge in [0.25, 0.3) is 0 Å². The molecule has 1 atom stereocenters. The molecule has 0 bridgehead atoms. The van der Waals surface area contributed by atoms with E-state index in [1.807, 2.05) is 55.9 Å². The van der Waals surface area contributed by atoms with Crippen molar-refractivity contribution in [2.75, 3.05) is 5.32 Å². The van der Waals surface area contributed by atoms with Crippen LogP contribution in [0.25, 0.3) is 0 Å². The lowest BCUT2D eigenvalue weighted by molar-refractivity contribution is -0.115. The molecule has 2 aromatic rings. The number of carbonyl (C=O) groups excluding carboxylic acids is 1. The fourth-order valence-electron chi connectivity index (χ4n) is 1.56. The Bertz CT molecular complexity index is 562. The SMILES string of the molecule is Cc1ccc(NC(=O)[C@@H](C)Sc2nccn2C)cc1. The zero-order chi connectivity index (χ0) is 13.8. The van der Waals surface area contributed by atoms with Gasteiger partial charge in [-0.15, -0.1) is 0 Å². The van der Waals surface area contributed by atoms with Gasteiger partial charge in [0, 0.05) is 25.1 Å². The minimum absolute atomic E-state index is 0.0168. The first-order chi connectivity index (χ1) is 9.06. The van der Waals surface area contributed by atoms with Crippen molar-refractivity contribution in [3.05, 3.63) is 42.2 Å². The van der Waals surface area contributed by atoms with Crippen LogP contribution >= 0.6 is 11.8 Å². The third kappa shape index (κ3) is 3.61. The number of hydrogen-bond donors (Lipinski definition) is 1. The second kappa shape index (κ2) is 5.93. The number of benzene rings is 1. The van der Waals surface area contributed by atoms with E-state index >= 15 is 0 Å². The van der Waals surface area contributed by atoms with Crippen LogP contribution in [0.4, 0.5) is 5.69 Å². The second-order valence-electron chi connectivity index (χ2n) is 4.44. The molecule has 1 aromatic carbocycles. The van der Waals surface area contributed by atoms with Crippen LogP contribution in [0.2, 0.25) is 0 Å². The Morgan fingerprint density at radius 1 is 1.37 bits per heavy atom. The van der Waals surface area contributed by atoms with Crippen LogP contribution in [-0.4, -0.2) is 20.7 Å². The van der Waals surface area contributed by atoms with Crippen molar-refractivity contribution in [3.8, 4) is 0 Å². The molecule has 0 spiro atoms. The monoisotopic (exact) mass is 275 g/mol. The summed E-state index contributed by atoms with van der Waals surface area (Å²) in [7, 11) is 1.92. The first-order valence-corrected chi connectivity index (χ1v) is 6.96. The van der Waals surface area contributed by atoms with Gasteiger partial charge in [0.05, 0.1) is 5.25 Å². The summed E-state index contributed by atoms with van der Waals surface area (Å²) in [5.74, 6) is -0.0168. The molecule has 1 amide bonds. The highest BCUT2D eigenvalue weighted by atomic mass is 32.2. The van der Waals surface area contributed by atoms with E-state index in [4.69, 9.17) is 0 Å². The summed E-state index contributed by atoms with van der Waals surface area (Å²) in [4.78, 5) is 16.3. The highest BCUT2D eigenvalue weighted by molar-refractivity contribution is 8.00. The van der Waals surface area contributed by atoms with E-state index < -0.39 is 0 Å². The van der Waals surface area contributed by atoms with Gasteiger partial charge in [0.2, 0.25) is 5.91 Å². The van der Waals surface area contributed by atoms with Crippen molar-refractivity contribution in [1.29, 1.82) is 0 Å². The highest BCUT2D eigenvalue weighted by Crippen LogP contribution is 2.22. The number of nitrogens with one attached hydrogen (secondary N) is 1. The Labute approximate surface area is 117 Å². The van der Waals surface area contributed by atoms with Crippen LogP contribution in [0.3, 0.4) is 0 Å². The molecule has 1 heterocycles. The number of aryl methyl sites for hydroxylation is 2. The zero-order valence-electron chi connectivity index (χ0n) is 11.3. The molecule has 0 unspecified atom stereocenters. The molecule has 1 N–H and O–H groups in total. The average Bonchev–Trinajstić information content (AvgIpc) is 2.78. The van der Waals surface area contributed by atoms with Gasteiger partial charge in [-0.3, -0.25) is 4.79 Å². The standard InChI is InChI=1S/C14H17N3OS/c1-10-4-6-12(7-5-10)16-13(18)11(2)19-14-15-8-9-17(14)3/h4-9,11H,1-3H3,(H,16,18)/t11-/m1/s1. The Balaban J connectivity index is 1.96. The predicted molar refractivity (Wildman–Crippen MR) is 78.3 cm³/mol. The summed E-state index contributed by atoms with van der Waals surface area (Å²) in [6.45, 7) is 3.90. The lowest BCUT2D eigenvalue weighted by Gasteiger charge is -2.11. The first kappa shape index (κ1) is 13.7. The second-order valence-corrected chi connectivity index (χ2v) is 5.74. The fraction of sp³-hybridized carbons (Fsp3) is 0.286. The minimum atomic E-state index is -0.192. The lowest BCUT2D eigenvalue weighted by Crippen LogP contribution is -2.22. The number of hydrogen-bond acceptors (Lipinski definition) is 3. The third-order valence-corrected chi connectivity index (χ3v) is 3.92. The maximum atomic E-state index is 12.1. The van der Waals surface area contributed by atoms with Gasteiger partial charge in [-0.2, -0.15) is 0 Å². The first-order valence-electron chi connectivity index (χ1n) is 6.08. The van der Waals surface area contributed by atoms with Crippen molar-refractivity contribution < 1.29 is 4.79 Å². The van der Waals surface area contributed by atoms with Gasteiger partial charge in [0.15, 0.2) is 5.16 Å². The third-order valence-electron chi connectivity index (χ3n) is 2.75. The predicted octanol–water partition coefficient (Wildman–Crippen LogP) is 2.85. The van der Waals surface area contributed by atoms with E-state index in [1.165, 1.54) is 17.3 Å². The molecular formula is C14H17N3OS. The number of thioether (sulfide) groups is 1. The van der Waals surface area contributed by atoms with E-state index in [0.717, 1.165) is 10.8 Å². The Hall–Kier alpha value is -1.75. The van der Waals surface area contributed by atoms with Gasteiger partial charge in [-0.1, -0.05) is 29.5 Å². The van der Waals surface area contributed by atoms with Crippen molar-refractivity contribution in [2.24, 2.45) is 7.05 Å². The van der Waals surface area contributed by atoms with E-state index in [1.54, 1.807) is 6.20 Å². The van der Waals surface area contributed by atoms with Crippen LogP contribution in [0, 0.1) is 6.92 Å². The Morgan fingerprint density at radius 2 is 2.05 bits per heavy atom. The number of carbonyl (C=O) groups is 1. The average molecular weight is 275 g/mol. The lowest BCUT2D eigenvalue weighted by atomic mass is 10.2. The van der Waals surface area contributed by atoms with Gasteiger partial charge in [-0.25, -0.2) is 4.98 Å². The Morgan fingerprint density at radius 3 is 2.63 bits per heavy atom. The molecule has 4 nitrogen and oxygen atoms in total. The molecule has 2 rings (SSSR count). The topological polar surface area (TPSA) is 46.9 Å². The smallest absolute Gasteiger partial charge is 0.237 e. The van der Waals surface area contributed by atoms with Gasteiger partial charge < -0.3 is 9.88 Å². The van der Waals surface area contributed by atoms with Crippen LogP contribution in [-0.2, 0) is 11.8 Å². The molecule has 5 heteroatoms. The molecule has 0 aliphatic heterocycles. The number of imidazole rings is 1. The number of anilines is 1. The van der Waals surface area contributed by atoms with E-state index in [-0.39, 0.29) is 11.2 Å². The fourth-order valence-corrected chi connectivity index (χ4v) is 2.39. The molecule has 1 aromatic heterocycles. The van der Waals surface area contributed by atoms with E-state index in [2.05, 4.69) is 10.3 Å². The van der Waals surface area contributed by atoms with Crippen molar-refractivity contribution in [3.63, 3.8) is 0 Å². The van der Waals surface area contributed by atoms with Crippen molar-refractivity contribution in [1.82, 2.24) is 9.55 Å². The number of nitrogens with zero attached hydrogens (tertiary/aromatic N) is 2. The van der Waals surface area contributed by atoms with Gasteiger partial charge >= 0.3 is 0 Å². The van der Waals surface area contributed by atoms with E-state index in [0.29, 0.717) is 0 Å². The van der Waals surface area contributed by atoms with Crippen molar-refractivity contribution >= 4 is 23.4 Å². The molecule has 0 aliphatic carbocycles. The summed E-state index contributed by atoms with van der Waals surface area (Å²) in [6, 6.07) is 7.77. The molecule has 19 heavy (non-hydrogen) atoms. The van der Waals surface area contributed by atoms with E-state index in [9.17, 15) is 4.79 Å². The summed E-state index contributed by atoms with van der Waals surface area (Å²) in [5, 5.41) is 3.55. The molecule has 0 saturated heterocycles. The molecule has 0 fully saturated rings. The molecular weight excluding hydrogens is 258 g/mol. The van der Waals surface area contributed by atoms with Crippen molar-refractivity contribution in [2.45, 2.75) is 24.3 Å². The van der Waals surface area contributed by atoms with Crippen LogP contribution in [0.1, 0.15) is 12.5 Å². The molecule has 0 radical (unpaired) electrons. The number of amides is 1. The number of aromatic nitrogens is 2. The zero-order valence-corrected chi connectivity index (χ0v) is 12.1. The van der Waals surface area contributed by atoms with Gasteiger partial charge in [-0.05, 0) is 26.0 Å². The molecule has 0 aliphatic rings. The molecule has 100 valence electrons. The van der Waals surface area contributed by atoms with Gasteiger partial charge in [0.1, 0.15) is 0 Å². The maximum absolute atomic E-state index is 12.1.